The zero-order valence-electron chi connectivity index (χ0n) is 25.7. The molecule has 0 bridgehead atoms. The molecule has 3 N–H and O–H groups in total. The molecule has 2 unspecified atom stereocenters. The summed E-state index contributed by atoms with van der Waals surface area (Å²) in [5.74, 6) is -3.33. The van der Waals surface area contributed by atoms with E-state index in [0.717, 1.165) is 4.90 Å². The molecule has 0 fully saturated rings. The summed E-state index contributed by atoms with van der Waals surface area (Å²) < 4.78 is 16.8. The number of ether oxygens (including phenoxy) is 3. The smallest absolute Gasteiger partial charge is 0.410 e. The first-order valence-corrected chi connectivity index (χ1v) is 14.0. The van der Waals surface area contributed by atoms with Crippen molar-refractivity contribution in [3.8, 4) is 11.5 Å². The van der Waals surface area contributed by atoms with E-state index in [1.54, 1.807) is 39.0 Å². The van der Waals surface area contributed by atoms with Crippen molar-refractivity contribution in [3.63, 3.8) is 0 Å². The van der Waals surface area contributed by atoms with Gasteiger partial charge in [-0.1, -0.05) is 18.2 Å². The Bertz CT molecular complexity index is 1680. The summed E-state index contributed by atoms with van der Waals surface area (Å²) in [7, 11) is 2.85. The monoisotopic (exact) mass is 621 g/mol. The standard InChI is InChI=1S/C32H35N3O10/c1-17(34(5)31(42)45-32(2,3)4)27(36)33-23-16-44-26-21(30(40)41)8-7-9-24(26)35(28(23)37)15-22-20-12-10-19(29(38)39)14-18(20)11-13-25(22)43-6/h7-14,17,23H,15-16H2,1-6H3,(H,33,36)(H,38,39)(H,40,41). The van der Waals surface area contributed by atoms with Gasteiger partial charge in [0.25, 0.3) is 5.91 Å². The summed E-state index contributed by atoms with van der Waals surface area (Å²) in [6, 6.07) is 9.90. The molecular formula is C32H35N3O10. The summed E-state index contributed by atoms with van der Waals surface area (Å²) in [6.07, 6.45) is -0.733. The van der Waals surface area contributed by atoms with Gasteiger partial charge in [-0.25, -0.2) is 14.4 Å². The summed E-state index contributed by atoms with van der Waals surface area (Å²) in [4.78, 5) is 66.2. The van der Waals surface area contributed by atoms with E-state index < -0.39 is 54.1 Å². The van der Waals surface area contributed by atoms with E-state index in [1.165, 1.54) is 56.3 Å². The molecule has 4 rings (SSSR count). The van der Waals surface area contributed by atoms with Gasteiger partial charge in [0.1, 0.15) is 35.6 Å². The summed E-state index contributed by atoms with van der Waals surface area (Å²) in [5.41, 5.74) is -0.249. The van der Waals surface area contributed by atoms with Crippen molar-refractivity contribution in [2.75, 3.05) is 25.7 Å². The first-order valence-electron chi connectivity index (χ1n) is 14.0. The number of rotatable bonds is 8. The fraction of sp³-hybridized carbons (Fsp3) is 0.344. The number of carbonyl (C=O) groups excluding carboxylic acids is 3. The minimum absolute atomic E-state index is 0.0682. The third-order valence-corrected chi connectivity index (χ3v) is 7.30. The maximum Gasteiger partial charge on any atom is 0.410 e. The number of amides is 3. The number of carboxylic acid groups (broad SMARTS) is 2. The van der Waals surface area contributed by atoms with E-state index in [2.05, 4.69) is 5.32 Å². The zero-order chi connectivity index (χ0) is 33.2. The highest BCUT2D eigenvalue weighted by Crippen LogP contribution is 2.38. The lowest BCUT2D eigenvalue weighted by molar-refractivity contribution is -0.130. The van der Waals surface area contributed by atoms with Gasteiger partial charge in [0.05, 0.1) is 24.9 Å². The molecule has 1 aliphatic heterocycles. The van der Waals surface area contributed by atoms with Gasteiger partial charge < -0.3 is 34.6 Å². The van der Waals surface area contributed by atoms with Gasteiger partial charge in [-0.05, 0) is 68.8 Å². The van der Waals surface area contributed by atoms with Gasteiger partial charge in [-0.2, -0.15) is 0 Å². The highest BCUT2D eigenvalue weighted by atomic mass is 16.6. The van der Waals surface area contributed by atoms with Crippen molar-refractivity contribution < 1.29 is 48.4 Å². The molecule has 3 aromatic rings. The third kappa shape index (κ3) is 6.92. The first-order chi connectivity index (χ1) is 21.1. The lowest BCUT2D eigenvalue weighted by Gasteiger charge is -2.30. The molecule has 0 saturated carbocycles. The summed E-state index contributed by atoms with van der Waals surface area (Å²) in [6.45, 7) is 6.01. The van der Waals surface area contributed by atoms with Gasteiger partial charge in [-0.3, -0.25) is 14.5 Å². The topological polar surface area (TPSA) is 172 Å². The maximum atomic E-state index is 14.2. The van der Waals surface area contributed by atoms with Crippen molar-refractivity contribution in [1.82, 2.24) is 10.2 Å². The van der Waals surface area contributed by atoms with Crippen LogP contribution in [-0.2, 0) is 20.9 Å². The molecule has 3 amide bonds. The number of methoxy groups -OCH3 is 1. The number of carbonyl (C=O) groups is 5. The minimum atomic E-state index is -1.28. The van der Waals surface area contributed by atoms with Crippen molar-refractivity contribution in [2.45, 2.75) is 51.9 Å². The molecule has 45 heavy (non-hydrogen) atoms. The normalized spacial score (nSPS) is 15.3. The van der Waals surface area contributed by atoms with E-state index in [9.17, 15) is 34.2 Å². The molecule has 13 nitrogen and oxygen atoms in total. The van der Waals surface area contributed by atoms with Crippen molar-refractivity contribution >= 4 is 46.3 Å². The third-order valence-electron chi connectivity index (χ3n) is 7.30. The Morgan fingerprint density at radius 3 is 2.42 bits per heavy atom. The molecule has 0 spiro atoms. The van der Waals surface area contributed by atoms with Crippen LogP contribution in [0.1, 0.15) is 54.0 Å². The van der Waals surface area contributed by atoms with Crippen LogP contribution in [0, 0.1) is 0 Å². The number of para-hydroxylation sites is 1. The highest BCUT2D eigenvalue weighted by Gasteiger charge is 2.37. The number of carboxylic acids is 2. The van der Waals surface area contributed by atoms with Crippen LogP contribution in [0.15, 0.2) is 48.5 Å². The number of fused-ring (bicyclic) bond motifs is 2. The number of nitrogens with one attached hydrogen (secondary N) is 1. The lowest BCUT2D eigenvalue weighted by atomic mass is 10.00. The van der Waals surface area contributed by atoms with Crippen LogP contribution in [0.4, 0.5) is 10.5 Å². The Morgan fingerprint density at radius 2 is 1.80 bits per heavy atom. The van der Waals surface area contributed by atoms with Crippen molar-refractivity contribution in [2.24, 2.45) is 0 Å². The van der Waals surface area contributed by atoms with E-state index in [4.69, 9.17) is 14.2 Å². The minimum Gasteiger partial charge on any atom is -0.496 e. The van der Waals surface area contributed by atoms with Crippen LogP contribution < -0.4 is 19.7 Å². The molecule has 0 aromatic heterocycles. The zero-order valence-corrected chi connectivity index (χ0v) is 25.7. The van der Waals surface area contributed by atoms with Crippen molar-refractivity contribution in [3.05, 3.63) is 65.2 Å². The quantitative estimate of drug-likeness (QED) is 0.335. The molecule has 0 radical (unpaired) electrons. The Morgan fingerprint density at radius 1 is 1.09 bits per heavy atom. The van der Waals surface area contributed by atoms with Crippen LogP contribution in [0.3, 0.4) is 0 Å². The Balaban J connectivity index is 1.75. The number of aromatic carboxylic acids is 2. The summed E-state index contributed by atoms with van der Waals surface area (Å²) >= 11 is 0. The lowest BCUT2D eigenvalue weighted by Crippen LogP contribution is -2.55. The molecule has 238 valence electrons. The Labute approximate surface area is 259 Å². The molecule has 3 aromatic carbocycles. The van der Waals surface area contributed by atoms with E-state index in [-0.39, 0.29) is 29.1 Å². The van der Waals surface area contributed by atoms with Gasteiger partial charge in [0, 0.05) is 12.6 Å². The molecule has 1 aliphatic rings. The van der Waals surface area contributed by atoms with E-state index in [0.29, 0.717) is 22.1 Å². The second-order valence-corrected chi connectivity index (χ2v) is 11.5. The van der Waals surface area contributed by atoms with Crippen LogP contribution in [0.5, 0.6) is 11.5 Å². The van der Waals surface area contributed by atoms with Crippen LogP contribution >= 0.6 is 0 Å². The second-order valence-electron chi connectivity index (χ2n) is 11.5. The number of nitrogens with zero attached hydrogens (tertiary/aromatic N) is 2. The molecule has 2 atom stereocenters. The van der Waals surface area contributed by atoms with Gasteiger partial charge in [0.15, 0.2) is 5.75 Å². The van der Waals surface area contributed by atoms with Crippen molar-refractivity contribution in [1.29, 1.82) is 0 Å². The predicted molar refractivity (Wildman–Crippen MR) is 163 cm³/mol. The Hall–Kier alpha value is -5.33. The van der Waals surface area contributed by atoms with Gasteiger partial charge in [-0.15, -0.1) is 0 Å². The number of hydrogen-bond acceptors (Lipinski definition) is 8. The largest absolute Gasteiger partial charge is 0.496 e. The van der Waals surface area contributed by atoms with E-state index >= 15 is 0 Å². The first kappa shape index (κ1) is 32.6. The second kappa shape index (κ2) is 12.7. The highest BCUT2D eigenvalue weighted by molar-refractivity contribution is 6.05. The molecule has 0 aliphatic carbocycles. The Kier molecular flexibility index (Phi) is 9.21. The van der Waals surface area contributed by atoms with Gasteiger partial charge in [0.2, 0.25) is 5.91 Å². The molecule has 13 heteroatoms. The van der Waals surface area contributed by atoms with Gasteiger partial charge >= 0.3 is 18.0 Å². The predicted octanol–water partition coefficient (Wildman–Crippen LogP) is 3.91. The fourth-order valence-electron chi connectivity index (χ4n) is 4.85. The molecule has 0 saturated heterocycles. The molecular weight excluding hydrogens is 586 g/mol. The van der Waals surface area contributed by atoms with Crippen LogP contribution in [-0.4, -0.2) is 83.4 Å². The van der Waals surface area contributed by atoms with E-state index in [1.807, 2.05) is 0 Å². The average Bonchev–Trinajstić information content (AvgIpc) is 3.11. The molecule has 1 heterocycles. The maximum absolute atomic E-state index is 14.2. The van der Waals surface area contributed by atoms with Crippen LogP contribution in [0.2, 0.25) is 0 Å². The SMILES string of the molecule is COc1ccc2cc(C(=O)O)ccc2c1CN1C(=O)C(NC(=O)C(C)N(C)C(=O)OC(C)(C)C)COc2c(C(=O)O)cccc21. The van der Waals surface area contributed by atoms with Crippen LogP contribution in [0.25, 0.3) is 10.8 Å². The number of hydrogen-bond donors (Lipinski definition) is 3. The average molecular weight is 622 g/mol. The number of anilines is 1. The number of likely N-dealkylation sites (N-methyl/N-ethyl adjacent to an activating group) is 1. The number of benzene rings is 3. The summed E-state index contributed by atoms with van der Waals surface area (Å²) in [5, 5.41) is 23.2. The fourth-order valence-corrected chi connectivity index (χ4v) is 4.85.